The van der Waals surface area contributed by atoms with E-state index in [1.54, 1.807) is 14.2 Å². The van der Waals surface area contributed by atoms with Crippen molar-refractivity contribution >= 4 is 6.09 Å². The Hall–Kier alpha value is -1.67. The second kappa shape index (κ2) is 7.06. The molecule has 1 aromatic carbocycles. The summed E-state index contributed by atoms with van der Waals surface area (Å²) in [5.41, 5.74) is 0.0343. The number of nitrogens with one attached hydrogen (secondary N) is 1. The van der Waals surface area contributed by atoms with Crippen LogP contribution in [0.3, 0.4) is 0 Å². The maximum absolute atomic E-state index is 12.1. The molecule has 0 aromatic heterocycles. The highest BCUT2D eigenvalue weighted by Gasteiger charge is 2.66. The third-order valence-electron chi connectivity index (χ3n) is 4.47. The van der Waals surface area contributed by atoms with Crippen LogP contribution in [0.25, 0.3) is 0 Å². The van der Waals surface area contributed by atoms with Crippen LogP contribution in [0.5, 0.6) is 0 Å². The van der Waals surface area contributed by atoms with Crippen LogP contribution in [0.15, 0.2) is 30.3 Å². The predicted octanol–water partition coefficient (Wildman–Crippen LogP) is 1.46. The zero-order chi connectivity index (χ0) is 17.2. The topological polar surface area (TPSA) is 75.2 Å². The number of amides is 1. The fourth-order valence-electron chi connectivity index (χ4n) is 3.45. The van der Waals surface area contributed by atoms with E-state index in [2.05, 4.69) is 5.32 Å². The molecule has 2 heterocycles. The normalized spacial score (nSPS) is 34.3. The van der Waals surface area contributed by atoms with Gasteiger partial charge >= 0.3 is 6.09 Å². The summed E-state index contributed by atoms with van der Waals surface area (Å²) in [6.45, 7) is 2.35. The number of benzene rings is 1. The number of hydrogen-bond acceptors (Lipinski definition) is 6. The van der Waals surface area contributed by atoms with Crippen molar-refractivity contribution in [2.75, 3.05) is 20.8 Å². The lowest BCUT2D eigenvalue weighted by Gasteiger charge is -2.36. The van der Waals surface area contributed by atoms with Gasteiger partial charge in [0, 0.05) is 14.2 Å². The summed E-state index contributed by atoms with van der Waals surface area (Å²) in [5, 5.41) is 2.72. The number of alkyl carbamates (subject to hydrolysis) is 1. The van der Waals surface area contributed by atoms with Crippen molar-refractivity contribution in [3.05, 3.63) is 35.9 Å². The molecule has 24 heavy (non-hydrogen) atoms. The molecule has 132 valence electrons. The molecule has 2 fully saturated rings. The Labute approximate surface area is 141 Å². The third-order valence-corrected chi connectivity index (χ3v) is 4.47. The molecule has 1 N–H and O–H groups in total. The lowest BCUT2D eigenvalue weighted by molar-refractivity contribution is -0.206. The van der Waals surface area contributed by atoms with Crippen molar-refractivity contribution in [1.29, 1.82) is 0 Å². The van der Waals surface area contributed by atoms with Gasteiger partial charge in [-0.25, -0.2) is 4.79 Å². The predicted molar refractivity (Wildman–Crippen MR) is 84.4 cm³/mol. The molecule has 0 spiro atoms. The zero-order valence-corrected chi connectivity index (χ0v) is 14.1. The lowest BCUT2D eigenvalue weighted by Crippen LogP contribution is -2.59. The molecule has 2 bridgehead atoms. The van der Waals surface area contributed by atoms with Gasteiger partial charge in [-0.15, -0.1) is 0 Å². The number of carbonyl (C=O) groups excluding carboxylic acids is 1. The molecule has 5 atom stereocenters. The molecule has 0 saturated carbocycles. The summed E-state index contributed by atoms with van der Waals surface area (Å²) in [7, 11) is 3.18. The fourth-order valence-corrected chi connectivity index (χ4v) is 3.45. The third kappa shape index (κ3) is 3.00. The molecule has 7 heteroatoms. The second-order valence-corrected chi connectivity index (χ2v) is 6.05. The highest BCUT2D eigenvalue weighted by Crippen LogP contribution is 2.45. The van der Waals surface area contributed by atoms with Crippen LogP contribution in [0.1, 0.15) is 12.5 Å². The van der Waals surface area contributed by atoms with Gasteiger partial charge in [0.15, 0.2) is 11.8 Å². The quantitative estimate of drug-likeness (QED) is 0.847. The number of methoxy groups -OCH3 is 2. The largest absolute Gasteiger partial charge is 0.445 e. The number of carbonyl (C=O) groups is 1. The smallest absolute Gasteiger partial charge is 0.409 e. The van der Waals surface area contributed by atoms with Crippen molar-refractivity contribution in [2.24, 2.45) is 0 Å². The van der Waals surface area contributed by atoms with Crippen LogP contribution < -0.4 is 5.32 Å². The lowest BCUT2D eigenvalue weighted by atomic mass is 9.97. The monoisotopic (exact) mass is 337 g/mol. The molecule has 7 nitrogen and oxygen atoms in total. The van der Waals surface area contributed by atoms with Gasteiger partial charge in [0.2, 0.25) is 0 Å². The van der Waals surface area contributed by atoms with Crippen molar-refractivity contribution in [3.8, 4) is 0 Å². The fraction of sp³-hybridized carbons (Fsp3) is 0.588. The van der Waals surface area contributed by atoms with Crippen molar-refractivity contribution in [1.82, 2.24) is 5.32 Å². The summed E-state index contributed by atoms with van der Waals surface area (Å²) in [4.78, 5) is 12.1. The van der Waals surface area contributed by atoms with E-state index >= 15 is 0 Å². The minimum absolute atomic E-state index is 0.136. The average Bonchev–Trinajstić information content (AvgIpc) is 3.01. The molecule has 0 radical (unpaired) electrons. The van der Waals surface area contributed by atoms with Crippen LogP contribution in [0, 0.1) is 0 Å². The van der Waals surface area contributed by atoms with Crippen LogP contribution >= 0.6 is 0 Å². The van der Waals surface area contributed by atoms with Crippen LogP contribution in [-0.2, 0) is 30.3 Å². The van der Waals surface area contributed by atoms with Gasteiger partial charge in [-0.3, -0.25) is 5.32 Å². The molecule has 2 aliphatic rings. The Morgan fingerprint density at radius 3 is 2.71 bits per heavy atom. The van der Waals surface area contributed by atoms with Crippen molar-refractivity contribution in [3.63, 3.8) is 0 Å². The highest BCUT2D eigenvalue weighted by atomic mass is 16.7. The summed E-state index contributed by atoms with van der Waals surface area (Å²) < 4.78 is 28.0. The van der Waals surface area contributed by atoms with Gasteiger partial charge in [-0.05, 0) is 12.5 Å². The Balaban J connectivity index is 1.63. The van der Waals surface area contributed by atoms with Crippen molar-refractivity contribution < 1.29 is 28.5 Å². The first kappa shape index (κ1) is 17.2. The number of fused-ring (bicyclic) bond motifs is 2. The first-order chi connectivity index (χ1) is 11.6. The second-order valence-electron chi connectivity index (χ2n) is 6.05. The Bertz CT molecular complexity index is 567. The van der Waals surface area contributed by atoms with E-state index in [1.165, 1.54) is 0 Å². The van der Waals surface area contributed by atoms with Crippen molar-refractivity contribution in [2.45, 2.75) is 43.7 Å². The molecular formula is C17H23NO6. The molecule has 5 unspecified atom stereocenters. The molecule has 2 saturated heterocycles. The van der Waals surface area contributed by atoms with E-state index in [9.17, 15) is 4.79 Å². The Morgan fingerprint density at radius 2 is 2.04 bits per heavy atom. The summed E-state index contributed by atoms with van der Waals surface area (Å²) in [6, 6.07) is 9.47. The van der Waals surface area contributed by atoms with Crippen LogP contribution in [-0.4, -0.2) is 57.1 Å². The van der Waals surface area contributed by atoms with Gasteiger partial charge in [0.25, 0.3) is 0 Å². The summed E-state index contributed by atoms with van der Waals surface area (Å²) in [5.74, 6) is 0. The molecule has 1 amide bonds. The minimum atomic E-state index is -0.876. The number of hydrogen-bond donors (Lipinski definition) is 1. The first-order valence-corrected chi connectivity index (χ1v) is 7.93. The van der Waals surface area contributed by atoms with Crippen LogP contribution in [0.2, 0.25) is 0 Å². The zero-order valence-electron chi connectivity index (χ0n) is 14.1. The van der Waals surface area contributed by atoms with E-state index in [1.807, 2.05) is 37.3 Å². The molecular weight excluding hydrogens is 314 g/mol. The number of ether oxygens (including phenoxy) is 5. The number of rotatable bonds is 6. The van der Waals surface area contributed by atoms with Gasteiger partial charge in [0.1, 0.15) is 18.8 Å². The average molecular weight is 337 g/mol. The van der Waals surface area contributed by atoms with E-state index in [0.717, 1.165) is 5.56 Å². The standard InChI is InChI=1S/C17H23NO6/c1-11-13-14(21-3)17(24-11,10-20-2)15(23-13)18-16(19)22-9-12-7-5-4-6-8-12/h4-8,11,13-15H,9-10H2,1-3H3,(H,18,19). The van der Waals surface area contributed by atoms with Crippen LogP contribution in [0.4, 0.5) is 4.79 Å². The first-order valence-electron chi connectivity index (χ1n) is 7.93. The van der Waals surface area contributed by atoms with Gasteiger partial charge in [0.05, 0.1) is 12.7 Å². The Morgan fingerprint density at radius 1 is 1.29 bits per heavy atom. The molecule has 1 aromatic rings. The molecule has 3 rings (SSSR count). The maximum atomic E-state index is 12.1. The molecule has 2 aliphatic heterocycles. The van der Waals surface area contributed by atoms with Gasteiger partial charge < -0.3 is 23.7 Å². The van der Waals surface area contributed by atoms with E-state index in [0.29, 0.717) is 0 Å². The SMILES string of the molecule is COCC12OC(C)C(OC1NC(=O)OCc1ccccc1)C2OC. The summed E-state index contributed by atoms with van der Waals surface area (Å²) >= 11 is 0. The van der Waals surface area contributed by atoms with E-state index in [4.69, 9.17) is 23.7 Å². The molecule has 0 aliphatic carbocycles. The van der Waals surface area contributed by atoms with Gasteiger partial charge in [-0.2, -0.15) is 0 Å². The summed E-state index contributed by atoms with van der Waals surface area (Å²) in [6.07, 6.45) is -1.97. The van der Waals surface area contributed by atoms with E-state index < -0.39 is 17.9 Å². The minimum Gasteiger partial charge on any atom is -0.445 e. The van der Waals surface area contributed by atoms with Gasteiger partial charge in [-0.1, -0.05) is 30.3 Å². The Kier molecular flexibility index (Phi) is 5.05. The maximum Gasteiger partial charge on any atom is 0.409 e. The van der Waals surface area contributed by atoms with E-state index in [-0.39, 0.29) is 31.5 Å². The highest BCUT2D eigenvalue weighted by molar-refractivity contribution is 5.67.